The third-order valence-corrected chi connectivity index (χ3v) is 12.1. The van der Waals surface area contributed by atoms with Gasteiger partial charge in [-0.2, -0.15) is 0 Å². The second-order valence-corrected chi connectivity index (χ2v) is 15.7. The highest BCUT2D eigenvalue weighted by molar-refractivity contribution is 6.20. The van der Waals surface area contributed by atoms with Gasteiger partial charge in [0, 0.05) is 22.1 Å². The molecule has 0 unspecified atom stereocenters. The standard InChI is InChI=1S/C55H38N2/c1-55(2)49-22-11-10-19-44(49)46-20-12-21-47(53(46)55)51-34-50(56-54(57-51)40-29-23-36(24-30-40)35-13-4-3-5-14-35)38-25-27-39(28-26-38)52-43-18-9-7-16-41(43)33-48-42-17-8-6-15-37(42)31-32-45(48)52/h3-34H,1-2H3. The maximum Gasteiger partial charge on any atom is 0.160 e. The molecule has 9 aromatic carbocycles. The van der Waals surface area contributed by atoms with Crippen molar-refractivity contribution in [2.45, 2.75) is 19.3 Å². The van der Waals surface area contributed by atoms with Crippen molar-refractivity contribution >= 4 is 32.3 Å². The molecule has 1 aliphatic rings. The molecule has 1 heterocycles. The highest BCUT2D eigenvalue weighted by Gasteiger charge is 2.37. The Morgan fingerprint density at radius 1 is 0.351 bits per heavy atom. The molecule has 0 N–H and O–H groups in total. The first-order valence-corrected chi connectivity index (χ1v) is 19.7. The van der Waals surface area contributed by atoms with Crippen molar-refractivity contribution in [1.82, 2.24) is 9.97 Å². The lowest BCUT2D eigenvalue weighted by Gasteiger charge is -2.24. The molecule has 0 fully saturated rings. The summed E-state index contributed by atoms with van der Waals surface area (Å²) in [5, 5.41) is 7.55. The van der Waals surface area contributed by atoms with E-state index in [-0.39, 0.29) is 5.41 Å². The Labute approximate surface area is 332 Å². The molecule has 57 heavy (non-hydrogen) atoms. The van der Waals surface area contributed by atoms with Gasteiger partial charge in [-0.25, -0.2) is 9.97 Å². The molecule has 0 amide bonds. The third kappa shape index (κ3) is 5.40. The maximum atomic E-state index is 5.35. The molecular weight excluding hydrogens is 689 g/mol. The third-order valence-electron chi connectivity index (χ3n) is 12.1. The van der Waals surface area contributed by atoms with Gasteiger partial charge in [0.15, 0.2) is 5.82 Å². The quantitative estimate of drug-likeness (QED) is 0.130. The SMILES string of the molecule is CC1(C)c2ccccc2-c2cccc(-c3cc(-c4ccc(-c5c6ccccc6cc6c5ccc5ccccc56)cc4)nc(-c4ccc(-c5ccccc5)cc4)n3)c21. The van der Waals surface area contributed by atoms with Crippen molar-refractivity contribution in [3.8, 4) is 67.3 Å². The van der Waals surface area contributed by atoms with Crippen LogP contribution in [0.3, 0.4) is 0 Å². The normalized spacial score (nSPS) is 12.9. The fraction of sp³-hybridized carbons (Fsp3) is 0.0545. The summed E-state index contributed by atoms with van der Waals surface area (Å²) < 4.78 is 0. The predicted molar refractivity (Wildman–Crippen MR) is 239 cm³/mol. The van der Waals surface area contributed by atoms with Gasteiger partial charge in [0.2, 0.25) is 0 Å². The molecule has 0 atom stereocenters. The smallest absolute Gasteiger partial charge is 0.160 e. The number of hydrogen-bond acceptors (Lipinski definition) is 2. The average molecular weight is 727 g/mol. The Morgan fingerprint density at radius 2 is 0.947 bits per heavy atom. The minimum atomic E-state index is -0.181. The molecule has 10 aromatic rings. The zero-order chi connectivity index (χ0) is 38.1. The van der Waals surface area contributed by atoms with Crippen LogP contribution in [0.15, 0.2) is 194 Å². The van der Waals surface area contributed by atoms with E-state index in [0.29, 0.717) is 5.82 Å². The highest BCUT2D eigenvalue weighted by atomic mass is 14.9. The van der Waals surface area contributed by atoms with E-state index >= 15 is 0 Å². The molecule has 2 heteroatoms. The molecule has 1 aromatic heterocycles. The van der Waals surface area contributed by atoms with Crippen molar-refractivity contribution < 1.29 is 0 Å². The second-order valence-electron chi connectivity index (χ2n) is 15.7. The number of aromatic nitrogens is 2. The summed E-state index contributed by atoms with van der Waals surface area (Å²) in [4.78, 5) is 10.7. The lowest BCUT2D eigenvalue weighted by molar-refractivity contribution is 0.662. The van der Waals surface area contributed by atoms with Crippen molar-refractivity contribution in [3.05, 3.63) is 205 Å². The Hall–Kier alpha value is -7.16. The summed E-state index contributed by atoms with van der Waals surface area (Å²) in [7, 11) is 0. The van der Waals surface area contributed by atoms with Crippen LogP contribution >= 0.6 is 0 Å². The molecule has 0 aliphatic heterocycles. The average Bonchev–Trinajstić information content (AvgIpc) is 3.51. The lowest BCUT2D eigenvalue weighted by Crippen LogP contribution is -2.16. The maximum absolute atomic E-state index is 5.35. The fourth-order valence-electron chi connectivity index (χ4n) is 9.30. The molecule has 268 valence electrons. The van der Waals surface area contributed by atoms with Crippen LogP contribution in [-0.2, 0) is 5.41 Å². The number of rotatable bonds is 5. The van der Waals surface area contributed by atoms with Crippen molar-refractivity contribution in [2.24, 2.45) is 0 Å². The first kappa shape index (κ1) is 33.2. The van der Waals surface area contributed by atoms with E-state index in [1.165, 1.54) is 76.8 Å². The predicted octanol–water partition coefficient (Wildman–Crippen LogP) is 14.6. The van der Waals surface area contributed by atoms with Gasteiger partial charge in [-0.3, -0.25) is 0 Å². The van der Waals surface area contributed by atoms with Crippen LogP contribution in [0.1, 0.15) is 25.0 Å². The van der Waals surface area contributed by atoms with E-state index in [9.17, 15) is 0 Å². The molecule has 1 aliphatic carbocycles. The minimum absolute atomic E-state index is 0.181. The van der Waals surface area contributed by atoms with Crippen LogP contribution in [0.5, 0.6) is 0 Å². The first-order valence-electron chi connectivity index (χ1n) is 19.7. The largest absolute Gasteiger partial charge is 0.228 e. The monoisotopic (exact) mass is 726 g/mol. The zero-order valence-electron chi connectivity index (χ0n) is 31.9. The number of nitrogens with zero attached hydrogens (tertiary/aromatic N) is 2. The van der Waals surface area contributed by atoms with E-state index in [1.807, 2.05) is 0 Å². The number of hydrogen-bond donors (Lipinski definition) is 0. The topological polar surface area (TPSA) is 25.8 Å². The van der Waals surface area contributed by atoms with Crippen LogP contribution < -0.4 is 0 Å². The summed E-state index contributed by atoms with van der Waals surface area (Å²) in [6.07, 6.45) is 0. The van der Waals surface area contributed by atoms with Crippen LogP contribution in [0.2, 0.25) is 0 Å². The molecule has 0 radical (unpaired) electrons. The highest BCUT2D eigenvalue weighted by Crippen LogP contribution is 2.52. The summed E-state index contributed by atoms with van der Waals surface area (Å²) in [5.41, 5.74) is 14.9. The van der Waals surface area contributed by atoms with Crippen molar-refractivity contribution in [1.29, 1.82) is 0 Å². The Bertz CT molecular complexity index is 3180. The van der Waals surface area contributed by atoms with Gasteiger partial charge in [0.1, 0.15) is 0 Å². The summed E-state index contributed by atoms with van der Waals surface area (Å²) in [6, 6.07) is 70.1. The van der Waals surface area contributed by atoms with E-state index in [0.717, 1.165) is 28.1 Å². The van der Waals surface area contributed by atoms with E-state index in [1.54, 1.807) is 0 Å². The molecule has 2 nitrogen and oxygen atoms in total. The Balaban J connectivity index is 1.08. The van der Waals surface area contributed by atoms with Gasteiger partial charge < -0.3 is 0 Å². The van der Waals surface area contributed by atoms with Gasteiger partial charge >= 0.3 is 0 Å². The van der Waals surface area contributed by atoms with Crippen molar-refractivity contribution in [3.63, 3.8) is 0 Å². The molecule has 0 saturated heterocycles. The van der Waals surface area contributed by atoms with Crippen LogP contribution in [0, 0.1) is 0 Å². The molecule has 0 spiro atoms. The first-order chi connectivity index (χ1) is 28.0. The van der Waals surface area contributed by atoms with Gasteiger partial charge in [-0.05, 0) is 89.0 Å². The number of benzene rings is 9. The van der Waals surface area contributed by atoms with Crippen molar-refractivity contribution in [2.75, 3.05) is 0 Å². The van der Waals surface area contributed by atoms with Crippen LogP contribution in [0.4, 0.5) is 0 Å². The molecular formula is C55H38N2. The minimum Gasteiger partial charge on any atom is -0.228 e. The lowest BCUT2D eigenvalue weighted by atomic mass is 9.79. The molecule has 11 rings (SSSR count). The van der Waals surface area contributed by atoms with Gasteiger partial charge in [-0.1, -0.05) is 196 Å². The van der Waals surface area contributed by atoms with E-state index in [4.69, 9.17) is 9.97 Å². The summed E-state index contributed by atoms with van der Waals surface area (Å²) in [5.74, 6) is 0.712. The second kappa shape index (κ2) is 13.0. The van der Waals surface area contributed by atoms with Gasteiger partial charge in [0.25, 0.3) is 0 Å². The van der Waals surface area contributed by atoms with Gasteiger partial charge in [0.05, 0.1) is 11.4 Å². The zero-order valence-corrected chi connectivity index (χ0v) is 31.9. The van der Waals surface area contributed by atoms with Crippen LogP contribution in [0.25, 0.3) is 99.6 Å². The van der Waals surface area contributed by atoms with E-state index in [2.05, 4.69) is 208 Å². The fourth-order valence-corrected chi connectivity index (χ4v) is 9.30. The summed E-state index contributed by atoms with van der Waals surface area (Å²) in [6.45, 7) is 4.68. The van der Waals surface area contributed by atoms with E-state index < -0.39 is 0 Å². The number of fused-ring (bicyclic) bond motifs is 7. The summed E-state index contributed by atoms with van der Waals surface area (Å²) >= 11 is 0. The molecule has 0 bridgehead atoms. The Kier molecular flexibility index (Phi) is 7.55. The molecule has 0 saturated carbocycles. The Morgan fingerprint density at radius 3 is 1.77 bits per heavy atom. The van der Waals surface area contributed by atoms with Crippen LogP contribution in [-0.4, -0.2) is 9.97 Å². The van der Waals surface area contributed by atoms with Gasteiger partial charge in [-0.15, -0.1) is 0 Å².